The molecule has 1 aliphatic heterocycles. The first kappa shape index (κ1) is 22.6. The highest BCUT2D eigenvalue weighted by Gasteiger charge is 2.24. The summed E-state index contributed by atoms with van der Waals surface area (Å²) in [5.74, 6) is 2.02. The Labute approximate surface area is 183 Å². The zero-order valence-electron chi connectivity index (χ0n) is 18.6. The number of hydrogen-bond donors (Lipinski definition) is 2. The van der Waals surface area contributed by atoms with E-state index in [1.165, 1.54) is 0 Å². The highest BCUT2D eigenvalue weighted by atomic mass is 16.6. The van der Waals surface area contributed by atoms with E-state index in [1.807, 2.05) is 31.2 Å². The Kier molecular flexibility index (Phi) is 8.26. The van der Waals surface area contributed by atoms with Crippen LogP contribution in [0.25, 0.3) is 11.5 Å². The minimum absolute atomic E-state index is 0.230. The number of nitrogens with one attached hydrogen (secondary N) is 2. The van der Waals surface area contributed by atoms with Crippen LogP contribution in [0.3, 0.4) is 0 Å². The van der Waals surface area contributed by atoms with Crippen LogP contribution >= 0.6 is 0 Å². The van der Waals surface area contributed by atoms with Crippen molar-refractivity contribution in [3.05, 3.63) is 35.7 Å². The lowest BCUT2D eigenvalue weighted by molar-refractivity contribution is 0.0963. The van der Waals surface area contributed by atoms with E-state index in [4.69, 9.17) is 9.26 Å². The van der Waals surface area contributed by atoms with Crippen LogP contribution in [0.15, 0.2) is 33.8 Å². The molecular formula is C22H32N6O3. The Morgan fingerprint density at radius 3 is 2.84 bits per heavy atom. The lowest BCUT2D eigenvalue weighted by Gasteiger charge is -2.32. The summed E-state index contributed by atoms with van der Waals surface area (Å²) in [4.78, 5) is 22.4. The van der Waals surface area contributed by atoms with E-state index >= 15 is 0 Å². The topological polar surface area (TPSA) is 105 Å². The van der Waals surface area contributed by atoms with Crippen LogP contribution in [0.5, 0.6) is 0 Å². The number of aliphatic imine (C=N–C) groups is 1. The van der Waals surface area contributed by atoms with Gasteiger partial charge in [0, 0.05) is 44.7 Å². The monoisotopic (exact) mass is 428 g/mol. The van der Waals surface area contributed by atoms with Crippen LogP contribution in [-0.4, -0.2) is 59.9 Å². The van der Waals surface area contributed by atoms with Gasteiger partial charge in [-0.15, -0.1) is 0 Å². The predicted molar refractivity (Wildman–Crippen MR) is 119 cm³/mol. The molecule has 2 heterocycles. The Morgan fingerprint density at radius 1 is 1.32 bits per heavy atom. The number of rotatable bonds is 7. The van der Waals surface area contributed by atoms with Crippen molar-refractivity contribution in [2.75, 3.05) is 26.7 Å². The fourth-order valence-corrected chi connectivity index (χ4v) is 3.51. The van der Waals surface area contributed by atoms with E-state index in [0.717, 1.165) is 48.6 Å². The number of benzene rings is 1. The Hall–Kier alpha value is -3.10. The smallest absolute Gasteiger partial charge is 0.409 e. The van der Waals surface area contributed by atoms with Gasteiger partial charge in [0.05, 0.1) is 6.61 Å². The molecule has 0 atom stereocenters. The SMILES string of the molecule is CCCc1noc(-c2cccc(CNC(=NC)NC3CCN(C(=O)OCC)CC3)c2)n1. The molecule has 3 rings (SSSR count). The summed E-state index contributed by atoms with van der Waals surface area (Å²) in [6.45, 7) is 6.29. The molecule has 2 aromatic rings. The molecule has 1 amide bonds. The number of guanidine groups is 1. The van der Waals surface area contributed by atoms with Gasteiger partial charge in [-0.1, -0.05) is 24.2 Å². The summed E-state index contributed by atoms with van der Waals surface area (Å²) < 4.78 is 10.5. The second kappa shape index (κ2) is 11.3. The second-order valence-corrected chi connectivity index (χ2v) is 7.50. The highest BCUT2D eigenvalue weighted by molar-refractivity contribution is 5.80. The molecule has 0 unspecified atom stereocenters. The Balaban J connectivity index is 1.50. The van der Waals surface area contributed by atoms with Gasteiger partial charge in [-0.2, -0.15) is 4.98 Å². The molecule has 0 spiro atoms. The largest absolute Gasteiger partial charge is 0.450 e. The fourth-order valence-electron chi connectivity index (χ4n) is 3.51. The maximum atomic E-state index is 11.8. The van der Waals surface area contributed by atoms with E-state index in [2.05, 4.69) is 32.7 Å². The maximum Gasteiger partial charge on any atom is 0.409 e. The van der Waals surface area contributed by atoms with Crippen LogP contribution in [0, 0.1) is 0 Å². The van der Waals surface area contributed by atoms with Crippen LogP contribution < -0.4 is 10.6 Å². The predicted octanol–water partition coefficient (Wildman–Crippen LogP) is 2.98. The van der Waals surface area contributed by atoms with Gasteiger partial charge in [0.1, 0.15) is 0 Å². The third-order valence-corrected chi connectivity index (χ3v) is 5.16. The van der Waals surface area contributed by atoms with Gasteiger partial charge in [-0.25, -0.2) is 4.79 Å². The molecule has 0 saturated carbocycles. The summed E-state index contributed by atoms with van der Waals surface area (Å²) in [6.07, 6.45) is 3.27. The molecule has 31 heavy (non-hydrogen) atoms. The molecule has 1 aromatic carbocycles. The Morgan fingerprint density at radius 2 is 2.13 bits per heavy atom. The zero-order chi connectivity index (χ0) is 22.1. The first-order valence-electron chi connectivity index (χ1n) is 10.9. The molecule has 1 saturated heterocycles. The van der Waals surface area contributed by atoms with Crippen molar-refractivity contribution in [1.29, 1.82) is 0 Å². The first-order chi connectivity index (χ1) is 15.1. The van der Waals surface area contributed by atoms with Crippen molar-refractivity contribution in [3.8, 4) is 11.5 Å². The van der Waals surface area contributed by atoms with Gasteiger partial charge >= 0.3 is 6.09 Å². The van der Waals surface area contributed by atoms with E-state index in [0.29, 0.717) is 32.1 Å². The van der Waals surface area contributed by atoms with Crippen LogP contribution in [0.2, 0.25) is 0 Å². The standard InChI is InChI=1S/C22H32N6O3/c1-4-7-19-26-20(31-27-19)17-9-6-8-16(14-17)15-24-21(23-3)25-18-10-12-28(13-11-18)22(29)30-5-2/h6,8-9,14,18H,4-5,7,10-13,15H2,1-3H3,(H2,23,24,25). The minimum atomic E-state index is -0.230. The van der Waals surface area contributed by atoms with E-state index in [1.54, 1.807) is 11.9 Å². The number of carbonyl (C=O) groups excluding carboxylic acids is 1. The molecule has 9 heteroatoms. The molecule has 2 N–H and O–H groups in total. The number of amides is 1. The van der Waals surface area contributed by atoms with Crippen molar-refractivity contribution < 1.29 is 14.1 Å². The normalized spacial score (nSPS) is 15.1. The van der Waals surface area contributed by atoms with Crippen molar-refractivity contribution in [3.63, 3.8) is 0 Å². The van der Waals surface area contributed by atoms with E-state index < -0.39 is 0 Å². The van der Waals surface area contributed by atoms with Crippen molar-refractivity contribution >= 4 is 12.1 Å². The quantitative estimate of drug-likeness (QED) is 0.516. The average molecular weight is 429 g/mol. The Bertz CT molecular complexity index is 874. The number of nitrogens with zero attached hydrogens (tertiary/aromatic N) is 4. The van der Waals surface area contributed by atoms with E-state index in [-0.39, 0.29) is 12.1 Å². The molecule has 1 fully saturated rings. The third-order valence-electron chi connectivity index (χ3n) is 5.16. The number of aromatic nitrogens is 2. The summed E-state index contributed by atoms with van der Waals surface area (Å²) in [7, 11) is 1.76. The van der Waals surface area contributed by atoms with Crippen LogP contribution in [0.1, 0.15) is 44.5 Å². The van der Waals surface area contributed by atoms with Gasteiger partial charge in [-0.3, -0.25) is 4.99 Å². The molecule has 168 valence electrons. The van der Waals surface area contributed by atoms with E-state index in [9.17, 15) is 4.79 Å². The van der Waals surface area contributed by atoms with Gasteiger partial charge in [0.15, 0.2) is 11.8 Å². The summed E-state index contributed by atoms with van der Waals surface area (Å²) >= 11 is 0. The first-order valence-corrected chi connectivity index (χ1v) is 10.9. The van der Waals surface area contributed by atoms with Gasteiger partial charge in [0.25, 0.3) is 5.89 Å². The summed E-state index contributed by atoms with van der Waals surface area (Å²) in [5, 5.41) is 10.8. The fraction of sp³-hybridized carbons (Fsp3) is 0.545. The van der Waals surface area contributed by atoms with Crippen LogP contribution in [-0.2, 0) is 17.7 Å². The average Bonchev–Trinajstić information content (AvgIpc) is 3.26. The lowest BCUT2D eigenvalue weighted by Crippen LogP contribution is -2.49. The van der Waals surface area contributed by atoms with Gasteiger partial charge in [-0.05, 0) is 43.9 Å². The number of piperidine rings is 1. The molecule has 1 aromatic heterocycles. The molecular weight excluding hydrogens is 396 g/mol. The number of carbonyl (C=O) groups is 1. The molecule has 9 nitrogen and oxygen atoms in total. The van der Waals surface area contributed by atoms with Crippen molar-refractivity contribution in [2.24, 2.45) is 4.99 Å². The highest BCUT2D eigenvalue weighted by Crippen LogP contribution is 2.19. The number of likely N-dealkylation sites (tertiary alicyclic amines) is 1. The zero-order valence-corrected chi connectivity index (χ0v) is 18.6. The van der Waals surface area contributed by atoms with Gasteiger partial charge < -0.3 is 24.8 Å². The maximum absolute atomic E-state index is 11.8. The third kappa shape index (κ3) is 6.44. The van der Waals surface area contributed by atoms with Crippen molar-refractivity contribution in [2.45, 2.75) is 52.1 Å². The number of aryl methyl sites for hydroxylation is 1. The number of hydrogen-bond acceptors (Lipinski definition) is 6. The van der Waals surface area contributed by atoms with Crippen LogP contribution in [0.4, 0.5) is 4.79 Å². The molecule has 1 aliphatic rings. The summed E-state index contributed by atoms with van der Waals surface area (Å²) in [5.41, 5.74) is 2.00. The summed E-state index contributed by atoms with van der Waals surface area (Å²) in [6, 6.07) is 8.30. The molecule has 0 aliphatic carbocycles. The van der Waals surface area contributed by atoms with Crippen molar-refractivity contribution in [1.82, 2.24) is 25.7 Å². The number of ether oxygens (including phenoxy) is 1. The lowest BCUT2D eigenvalue weighted by atomic mass is 10.1. The van der Waals surface area contributed by atoms with Gasteiger partial charge in [0.2, 0.25) is 0 Å². The molecule has 0 bridgehead atoms. The molecule has 0 radical (unpaired) electrons. The minimum Gasteiger partial charge on any atom is -0.450 e. The second-order valence-electron chi connectivity index (χ2n) is 7.50.